The maximum Gasteiger partial charge on any atom is 0.225 e. The minimum absolute atomic E-state index is 0.00619. The largest absolute Gasteiger partial charge is 0.497 e. The summed E-state index contributed by atoms with van der Waals surface area (Å²) in [6.07, 6.45) is 1.04. The zero-order chi connectivity index (χ0) is 14.5. The molecule has 1 aliphatic heterocycles. The van der Waals surface area contributed by atoms with E-state index in [0.717, 1.165) is 11.3 Å². The number of hydrogen-bond acceptors (Lipinski definition) is 3. The van der Waals surface area contributed by atoms with E-state index in [-0.39, 0.29) is 23.8 Å². The molecule has 0 aliphatic carbocycles. The Hall–Kier alpha value is -2.04. The molecule has 2 atom stereocenters. The van der Waals surface area contributed by atoms with Crippen LogP contribution in [0, 0.1) is 5.92 Å². The van der Waals surface area contributed by atoms with Crippen molar-refractivity contribution in [1.82, 2.24) is 10.6 Å². The van der Waals surface area contributed by atoms with Crippen LogP contribution in [0.2, 0.25) is 0 Å². The van der Waals surface area contributed by atoms with E-state index in [1.165, 1.54) is 0 Å². The fourth-order valence-corrected chi connectivity index (χ4v) is 2.26. The predicted octanol–water partition coefficient (Wildman–Crippen LogP) is 1.40. The molecule has 2 N–H and O–H groups in total. The van der Waals surface area contributed by atoms with E-state index in [0.29, 0.717) is 19.4 Å². The Morgan fingerprint density at radius 1 is 1.40 bits per heavy atom. The van der Waals surface area contributed by atoms with Gasteiger partial charge in [0.15, 0.2) is 0 Å². The van der Waals surface area contributed by atoms with E-state index in [4.69, 9.17) is 4.74 Å². The van der Waals surface area contributed by atoms with Crippen molar-refractivity contribution in [2.75, 3.05) is 13.7 Å². The predicted molar refractivity (Wildman–Crippen MR) is 75.3 cm³/mol. The molecule has 2 unspecified atom stereocenters. The first-order valence-electron chi connectivity index (χ1n) is 6.81. The molecule has 1 heterocycles. The lowest BCUT2D eigenvalue weighted by atomic mass is 9.97. The average Bonchev–Trinajstić information content (AvgIpc) is 2.48. The second-order valence-corrected chi connectivity index (χ2v) is 5.04. The minimum Gasteiger partial charge on any atom is -0.497 e. The van der Waals surface area contributed by atoms with Crippen LogP contribution in [0.4, 0.5) is 0 Å². The smallest absolute Gasteiger partial charge is 0.225 e. The molecule has 5 heteroatoms. The molecule has 0 spiro atoms. The van der Waals surface area contributed by atoms with Crippen LogP contribution in [-0.4, -0.2) is 25.5 Å². The zero-order valence-electron chi connectivity index (χ0n) is 11.8. The van der Waals surface area contributed by atoms with Gasteiger partial charge in [0.25, 0.3) is 0 Å². The third-order valence-electron chi connectivity index (χ3n) is 3.61. The van der Waals surface area contributed by atoms with Crippen molar-refractivity contribution in [2.24, 2.45) is 5.92 Å². The number of ether oxygens (including phenoxy) is 1. The van der Waals surface area contributed by atoms with Gasteiger partial charge in [0.1, 0.15) is 5.75 Å². The summed E-state index contributed by atoms with van der Waals surface area (Å²) in [5.74, 6) is 0.682. The van der Waals surface area contributed by atoms with E-state index in [9.17, 15) is 9.59 Å². The molecule has 20 heavy (non-hydrogen) atoms. The normalized spacial score (nSPS) is 19.9. The number of methoxy groups -OCH3 is 1. The van der Waals surface area contributed by atoms with Crippen molar-refractivity contribution in [3.8, 4) is 5.75 Å². The monoisotopic (exact) mass is 276 g/mol. The first kappa shape index (κ1) is 14.4. The zero-order valence-corrected chi connectivity index (χ0v) is 11.8. The highest BCUT2D eigenvalue weighted by atomic mass is 16.5. The Bertz CT molecular complexity index is 474. The highest BCUT2D eigenvalue weighted by Crippen LogP contribution is 2.18. The summed E-state index contributed by atoms with van der Waals surface area (Å²) in [5.41, 5.74) is 1.03. The molecule has 1 aliphatic rings. The highest BCUT2D eigenvalue weighted by Gasteiger charge is 2.25. The van der Waals surface area contributed by atoms with Gasteiger partial charge in [-0.05, 0) is 31.0 Å². The number of carbonyl (C=O) groups excluding carboxylic acids is 2. The molecule has 1 aromatic carbocycles. The van der Waals surface area contributed by atoms with Crippen molar-refractivity contribution < 1.29 is 14.3 Å². The summed E-state index contributed by atoms with van der Waals surface area (Å²) in [4.78, 5) is 23.2. The van der Waals surface area contributed by atoms with Crippen LogP contribution in [0.3, 0.4) is 0 Å². The summed E-state index contributed by atoms with van der Waals surface area (Å²) in [6.45, 7) is 2.38. The maximum atomic E-state index is 12.1. The molecule has 5 nitrogen and oxygen atoms in total. The van der Waals surface area contributed by atoms with E-state index in [1.807, 2.05) is 31.2 Å². The fraction of sp³-hybridized carbons (Fsp3) is 0.467. The minimum atomic E-state index is -0.131. The van der Waals surface area contributed by atoms with Gasteiger partial charge >= 0.3 is 0 Å². The standard InChI is InChI=1S/C15H20N2O3/c1-10(11-3-6-13(20-2)7-4-11)17-15(19)12-5-8-14(18)16-9-12/h3-4,6-7,10,12H,5,8-9H2,1-2H3,(H,16,18)(H,17,19). The van der Waals surface area contributed by atoms with Gasteiger partial charge in [-0.15, -0.1) is 0 Å². The van der Waals surface area contributed by atoms with Gasteiger partial charge in [0, 0.05) is 13.0 Å². The lowest BCUT2D eigenvalue weighted by Gasteiger charge is -2.24. The molecular formula is C15H20N2O3. The van der Waals surface area contributed by atoms with Gasteiger partial charge in [-0.25, -0.2) is 0 Å². The van der Waals surface area contributed by atoms with Gasteiger partial charge in [-0.1, -0.05) is 12.1 Å². The summed E-state index contributed by atoms with van der Waals surface area (Å²) >= 11 is 0. The number of rotatable bonds is 4. The third kappa shape index (κ3) is 3.50. The molecule has 0 saturated carbocycles. The average molecular weight is 276 g/mol. The van der Waals surface area contributed by atoms with Crippen molar-refractivity contribution in [3.63, 3.8) is 0 Å². The quantitative estimate of drug-likeness (QED) is 0.873. The Morgan fingerprint density at radius 3 is 2.65 bits per heavy atom. The molecule has 1 aromatic rings. The number of amides is 2. The molecule has 0 bridgehead atoms. The second-order valence-electron chi connectivity index (χ2n) is 5.04. The van der Waals surface area contributed by atoms with Gasteiger partial charge in [-0.2, -0.15) is 0 Å². The molecule has 0 radical (unpaired) electrons. The van der Waals surface area contributed by atoms with Crippen LogP contribution in [0.5, 0.6) is 5.75 Å². The van der Waals surface area contributed by atoms with Gasteiger partial charge in [0.2, 0.25) is 11.8 Å². The number of nitrogens with one attached hydrogen (secondary N) is 2. The molecule has 2 rings (SSSR count). The van der Waals surface area contributed by atoms with Gasteiger partial charge in [0.05, 0.1) is 19.1 Å². The highest BCUT2D eigenvalue weighted by molar-refractivity contribution is 5.83. The van der Waals surface area contributed by atoms with Crippen LogP contribution >= 0.6 is 0 Å². The Kier molecular flexibility index (Phi) is 4.61. The summed E-state index contributed by atoms with van der Waals surface area (Å²) < 4.78 is 5.11. The molecule has 1 saturated heterocycles. The molecule has 108 valence electrons. The van der Waals surface area contributed by atoms with Crippen LogP contribution < -0.4 is 15.4 Å². The van der Waals surface area contributed by atoms with Gasteiger partial charge in [-0.3, -0.25) is 9.59 Å². The van der Waals surface area contributed by atoms with Crippen molar-refractivity contribution in [2.45, 2.75) is 25.8 Å². The Morgan fingerprint density at radius 2 is 2.10 bits per heavy atom. The van der Waals surface area contributed by atoms with Crippen LogP contribution in [0.25, 0.3) is 0 Å². The Balaban J connectivity index is 1.91. The molecule has 2 amide bonds. The van der Waals surface area contributed by atoms with E-state index < -0.39 is 0 Å². The number of hydrogen-bond donors (Lipinski definition) is 2. The second kappa shape index (κ2) is 6.41. The Labute approximate surface area is 118 Å². The van der Waals surface area contributed by atoms with Crippen LogP contribution in [0.1, 0.15) is 31.4 Å². The third-order valence-corrected chi connectivity index (χ3v) is 3.61. The first-order chi connectivity index (χ1) is 9.60. The van der Waals surface area contributed by atoms with E-state index in [2.05, 4.69) is 10.6 Å². The topological polar surface area (TPSA) is 67.4 Å². The summed E-state index contributed by atoms with van der Waals surface area (Å²) in [5, 5.41) is 5.71. The maximum absolute atomic E-state index is 12.1. The SMILES string of the molecule is COc1ccc(C(C)NC(=O)C2CCC(=O)NC2)cc1. The lowest BCUT2D eigenvalue weighted by molar-refractivity contribution is -0.129. The van der Waals surface area contributed by atoms with Crippen LogP contribution in [0.15, 0.2) is 24.3 Å². The fourth-order valence-electron chi connectivity index (χ4n) is 2.26. The van der Waals surface area contributed by atoms with E-state index in [1.54, 1.807) is 7.11 Å². The summed E-state index contributed by atoms with van der Waals surface area (Å²) in [7, 11) is 1.62. The first-order valence-corrected chi connectivity index (χ1v) is 6.81. The van der Waals surface area contributed by atoms with Crippen molar-refractivity contribution in [3.05, 3.63) is 29.8 Å². The molecule has 0 aromatic heterocycles. The number of piperidine rings is 1. The van der Waals surface area contributed by atoms with Crippen molar-refractivity contribution >= 4 is 11.8 Å². The van der Waals surface area contributed by atoms with Gasteiger partial charge < -0.3 is 15.4 Å². The number of carbonyl (C=O) groups is 2. The molecular weight excluding hydrogens is 256 g/mol. The molecule has 1 fully saturated rings. The lowest BCUT2D eigenvalue weighted by Crippen LogP contribution is -2.43. The van der Waals surface area contributed by atoms with E-state index >= 15 is 0 Å². The van der Waals surface area contributed by atoms with Crippen LogP contribution in [-0.2, 0) is 9.59 Å². The van der Waals surface area contributed by atoms with Crippen molar-refractivity contribution in [1.29, 1.82) is 0 Å². The summed E-state index contributed by atoms with van der Waals surface area (Å²) in [6, 6.07) is 7.56. The number of benzene rings is 1.